The fourth-order valence-electron chi connectivity index (χ4n) is 2.11. The van der Waals surface area contributed by atoms with Crippen molar-refractivity contribution >= 4 is 9.84 Å². The first-order valence-corrected chi connectivity index (χ1v) is 7.12. The highest BCUT2D eigenvalue weighted by Crippen LogP contribution is 2.15. The third-order valence-electron chi connectivity index (χ3n) is 2.95. The standard InChI is InChI=1S/C9H17NO4S/c11-9-6-15(12,13)5-8(9)10-4-7-2-1-3-14-7/h7-11H,1-6H2. The zero-order valence-electron chi connectivity index (χ0n) is 8.55. The summed E-state index contributed by atoms with van der Waals surface area (Å²) >= 11 is 0. The molecule has 6 heteroatoms. The second-order valence-electron chi connectivity index (χ2n) is 4.29. The lowest BCUT2D eigenvalue weighted by atomic mass is 10.2. The lowest BCUT2D eigenvalue weighted by molar-refractivity contribution is 0.0983. The molecule has 2 aliphatic heterocycles. The number of ether oxygens (including phenoxy) is 1. The smallest absolute Gasteiger partial charge is 0.154 e. The van der Waals surface area contributed by atoms with Crippen molar-refractivity contribution in [3.63, 3.8) is 0 Å². The van der Waals surface area contributed by atoms with E-state index in [0.29, 0.717) is 6.54 Å². The molecule has 3 unspecified atom stereocenters. The van der Waals surface area contributed by atoms with Gasteiger partial charge in [-0.1, -0.05) is 0 Å². The van der Waals surface area contributed by atoms with Crippen LogP contribution in [0.5, 0.6) is 0 Å². The maximum absolute atomic E-state index is 11.2. The summed E-state index contributed by atoms with van der Waals surface area (Å²) in [5.74, 6) is -0.0723. The second-order valence-corrected chi connectivity index (χ2v) is 6.45. The van der Waals surface area contributed by atoms with Crippen molar-refractivity contribution in [3.05, 3.63) is 0 Å². The minimum atomic E-state index is -3.04. The number of aliphatic hydroxyl groups excluding tert-OH is 1. The third kappa shape index (κ3) is 2.90. The number of rotatable bonds is 3. The van der Waals surface area contributed by atoms with Crippen LogP contribution in [0.3, 0.4) is 0 Å². The molecule has 2 N–H and O–H groups in total. The van der Waals surface area contributed by atoms with Crippen molar-refractivity contribution in [1.82, 2.24) is 5.32 Å². The number of nitrogens with one attached hydrogen (secondary N) is 1. The second kappa shape index (κ2) is 4.37. The van der Waals surface area contributed by atoms with E-state index < -0.39 is 15.9 Å². The molecule has 2 rings (SSSR count). The number of sulfone groups is 1. The first-order chi connectivity index (χ1) is 7.07. The lowest BCUT2D eigenvalue weighted by Crippen LogP contribution is -2.42. The summed E-state index contributed by atoms with van der Waals surface area (Å²) < 4.78 is 27.8. The molecule has 2 fully saturated rings. The van der Waals surface area contributed by atoms with Gasteiger partial charge in [-0.25, -0.2) is 8.42 Å². The van der Waals surface area contributed by atoms with Gasteiger partial charge in [-0.05, 0) is 12.8 Å². The van der Waals surface area contributed by atoms with Crippen LogP contribution in [0.1, 0.15) is 12.8 Å². The van der Waals surface area contributed by atoms with Gasteiger partial charge in [0.15, 0.2) is 9.84 Å². The topological polar surface area (TPSA) is 75.6 Å². The van der Waals surface area contributed by atoms with Gasteiger partial charge >= 0.3 is 0 Å². The Balaban J connectivity index is 1.79. The predicted molar refractivity (Wildman–Crippen MR) is 55.4 cm³/mol. The van der Waals surface area contributed by atoms with E-state index in [2.05, 4.69) is 5.32 Å². The Hall–Kier alpha value is -0.170. The van der Waals surface area contributed by atoms with Gasteiger partial charge < -0.3 is 15.2 Å². The molecule has 0 amide bonds. The van der Waals surface area contributed by atoms with E-state index in [1.54, 1.807) is 0 Å². The Labute approximate surface area is 89.7 Å². The summed E-state index contributed by atoms with van der Waals surface area (Å²) in [7, 11) is -3.04. The monoisotopic (exact) mass is 235 g/mol. The van der Waals surface area contributed by atoms with Crippen LogP contribution in [-0.2, 0) is 14.6 Å². The molecule has 2 saturated heterocycles. The Kier molecular flexibility index (Phi) is 3.30. The lowest BCUT2D eigenvalue weighted by Gasteiger charge is -2.17. The molecule has 3 atom stereocenters. The van der Waals surface area contributed by atoms with E-state index in [4.69, 9.17) is 4.74 Å². The molecule has 5 nitrogen and oxygen atoms in total. The molecular formula is C9H17NO4S. The van der Waals surface area contributed by atoms with Gasteiger partial charge in [0.1, 0.15) is 0 Å². The average molecular weight is 235 g/mol. The Morgan fingerprint density at radius 2 is 2.20 bits per heavy atom. The summed E-state index contributed by atoms with van der Waals surface area (Å²) in [6.45, 7) is 1.43. The molecule has 0 bridgehead atoms. The summed E-state index contributed by atoms with van der Waals surface area (Å²) in [6.07, 6.45) is 1.50. The van der Waals surface area contributed by atoms with Gasteiger partial charge in [-0.15, -0.1) is 0 Å². The molecule has 2 aliphatic rings. The summed E-state index contributed by atoms with van der Waals surface area (Å²) in [5, 5.41) is 12.6. The van der Waals surface area contributed by atoms with Crippen molar-refractivity contribution in [1.29, 1.82) is 0 Å². The molecular weight excluding hydrogens is 218 g/mol. The van der Waals surface area contributed by atoms with Crippen molar-refractivity contribution < 1.29 is 18.3 Å². The molecule has 0 saturated carbocycles. The molecule has 0 aliphatic carbocycles. The number of aliphatic hydroxyl groups is 1. The van der Waals surface area contributed by atoms with Gasteiger partial charge in [0, 0.05) is 19.2 Å². The van der Waals surface area contributed by atoms with Crippen molar-refractivity contribution in [2.75, 3.05) is 24.7 Å². The van der Waals surface area contributed by atoms with Crippen molar-refractivity contribution in [3.8, 4) is 0 Å². The minimum absolute atomic E-state index is 0.0425. The zero-order valence-corrected chi connectivity index (χ0v) is 9.37. The Morgan fingerprint density at radius 3 is 2.73 bits per heavy atom. The van der Waals surface area contributed by atoms with Crippen LogP contribution in [0.4, 0.5) is 0 Å². The minimum Gasteiger partial charge on any atom is -0.390 e. The Morgan fingerprint density at radius 1 is 1.40 bits per heavy atom. The first kappa shape index (κ1) is 11.3. The van der Waals surface area contributed by atoms with Crippen molar-refractivity contribution in [2.24, 2.45) is 0 Å². The van der Waals surface area contributed by atoms with Crippen LogP contribution in [0.15, 0.2) is 0 Å². The summed E-state index contributed by atoms with van der Waals surface area (Å²) in [4.78, 5) is 0. The molecule has 88 valence electrons. The van der Waals surface area contributed by atoms with Crippen LogP contribution < -0.4 is 5.32 Å². The van der Waals surface area contributed by atoms with Crippen molar-refractivity contribution in [2.45, 2.75) is 31.1 Å². The first-order valence-electron chi connectivity index (χ1n) is 5.30. The van der Waals surface area contributed by atoms with E-state index in [0.717, 1.165) is 19.4 Å². The molecule has 15 heavy (non-hydrogen) atoms. The molecule has 0 spiro atoms. The average Bonchev–Trinajstić information content (AvgIpc) is 2.70. The molecule has 0 aromatic rings. The molecule has 2 heterocycles. The van der Waals surface area contributed by atoms with Crippen LogP contribution in [0.2, 0.25) is 0 Å². The normalized spacial score (nSPS) is 39.7. The van der Waals surface area contributed by atoms with Crippen LogP contribution in [-0.4, -0.2) is 56.4 Å². The fourth-order valence-corrected chi connectivity index (χ4v) is 3.89. The van der Waals surface area contributed by atoms with E-state index in [9.17, 15) is 13.5 Å². The largest absolute Gasteiger partial charge is 0.390 e. The Bertz CT molecular complexity index is 310. The van der Waals surface area contributed by atoms with Gasteiger partial charge in [-0.2, -0.15) is 0 Å². The summed E-state index contributed by atoms with van der Waals surface area (Å²) in [5.41, 5.74) is 0. The third-order valence-corrected chi connectivity index (χ3v) is 4.67. The van der Waals surface area contributed by atoms with Gasteiger partial charge in [0.05, 0.1) is 23.7 Å². The maximum atomic E-state index is 11.2. The molecule has 0 aromatic heterocycles. The van der Waals surface area contributed by atoms with E-state index >= 15 is 0 Å². The highest BCUT2D eigenvalue weighted by molar-refractivity contribution is 7.91. The number of hydrogen-bond donors (Lipinski definition) is 2. The highest BCUT2D eigenvalue weighted by Gasteiger charge is 2.36. The van der Waals surface area contributed by atoms with E-state index in [1.807, 2.05) is 0 Å². The van der Waals surface area contributed by atoms with E-state index in [-0.39, 0.29) is 23.7 Å². The molecule has 0 radical (unpaired) electrons. The highest BCUT2D eigenvalue weighted by atomic mass is 32.2. The van der Waals surface area contributed by atoms with Crippen LogP contribution >= 0.6 is 0 Å². The quantitative estimate of drug-likeness (QED) is 0.650. The van der Waals surface area contributed by atoms with Gasteiger partial charge in [0.2, 0.25) is 0 Å². The maximum Gasteiger partial charge on any atom is 0.154 e. The predicted octanol–water partition coefficient (Wildman–Crippen LogP) is -1.09. The molecule has 0 aromatic carbocycles. The van der Waals surface area contributed by atoms with Gasteiger partial charge in [-0.3, -0.25) is 0 Å². The summed E-state index contributed by atoms with van der Waals surface area (Å²) in [6, 6.07) is -0.320. The van der Waals surface area contributed by atoms with Gasteiger partial charge in [0.25, 0.3) is 0 Å². The zero-order chi connectivity index (χ0) is 10.9. The van der Waals surface area contributed by atoms with Crippen LogP contribution in [0, 0.1) is 0 Å². The van der Waals surface area contributed by atoms with Crippen LogP contribution in [0.25, 0.3) is 0 Å². The number of hydrogen-bond acceptors (Lipinski definition) is 5. The fraction of sp³-hybridized carbons (Fsp3) is 1.00. The van der Waals surface area contributed by atoms with E-state index in [1.165, 1.54) is 0 Å². The SMILES string of the molecule is O=S1(=O)CC(O)C(NCC2CCCO2)C1.